The van der Waals surface area contributed by atoms with Crippen molar-refractivity contribution in [1.29, 1.82) is 0 Å². The van der Waals surface area contributed by atoms with Gasteiger partial charge in [-0.15, -0.1) is 0 Å². The van der Waals surface area contributed by atoms with E-state index in [1.807, 2.05) is 36.4 Å². The van der Waals surface area contributed by atoms with E-state index in [2.05, 4.69) is 4.57 Å². The Balaban J connectivity index is 1.75. The lowest BCUT2D eigenvalue weighted by Gasteiger charge is -2.12. The van der Waals surface area contributed by atoms with Crippen molar-refractivity contribution in [3.8, 4) is 0 Å². The highest BCUT2D eigenvalue weighted by Crippen LogP contribution is 2.23. The molecule has 4 aromatic rings. The van der Waals surface area contributed by atoms with E-state index in [9.17, 15) is 9.59 Å². The summed E-state index contributed by atoms with van der Waals surface area (Å²) in [6, 6.07) is 7.23. The number of nitrogens with zero attached hydrogens (tertiary/aromatic N) is 5. The van der Waals surface area contributed by atoms with Gasteiger partial charge in [-0.3, -0.25) is 18.3 Å². The molecule has 0 N–H and O–H groups in total. The third-order valence-electron chi connectivity index (χ3n) is 6.33. The molecule has 0 radical (unpaired) electrons. The second kappa shape index (κ2) is 7.39. The van der Waals surface area contributed by atoms with Crippen LogP contribution in [0.15, 0.2) is 33.9 Å². The van der Waals surface area contributed by atoms with Gasteiger partial charge in [-0.2, -0.15) is 4.98 Å². The van der Waals surface area contributed by atoms with Gasteiger partial charge >= 0.3 is 5.69 Å². The SMILES string of the molecule is Cc1c(C)n2c3c(=O)n(Cc4ccccc4Cl)c(=O)n(C)c3nc2n1C[C@H]1CCCO1. The number of fused-ring (bicyclic) bond motifs is 3. The lowest BCUT2D eigenvalue weighted by atomic mass is 10.2. The standard InChI is InChI=1S/C22H24ClN5O3/c1-13-14(2)28-18-19(24-21(28)26(13)12-16-8-6-10-31-16)25(3)22(30)27(20(18)29)11-15-7-4-5-9-17(15)23/h4-5,7,9,16H,6,8,10-12H2,1-3H3/t16-/m1/s1. The Morgan fingerprint density at radius 1 is 1.16 bits per heavy atom. The van der Waals surface area contributed by atoms with Gasteiger partial charge in [0, 0.05) is 30.1 Å². The van der Waals surface area contributed by atoms with Crippen LogP contribution in [0.4, 0.5) is 0 Å². The Bertz CT molecular complexity index is 1440. The first kappa shape index (κ1) is 20.1. The minimum atomic E-state index is -0.418. The number of aromatic nitrogens is 5. The molecule has 1 atom stereocenters. The Kier molecular flexibility index (Phi) is 4.79. The van der Waals surface area contributed by atoms with E-state index >= 15 is 0 Å². The Hall–Kier alpha value is -2.84. The Morgan fingerprint density at radius 3 is 2.65 bits per heavy atom. The lowest BCUT2D eigenvalue weighted by molar-refractivity contribution is 0.0974. The number of halogens is 1. The maximum Gasteiger partial charge on any atom is 0.332 e. The second-order valence-corrected chi connectivity index (χ2v) is 8.57. The molecule has 1 fully saturated rings. The summed E-state index contributed by atoms with van der Waals surface area (Å²) in [7, 11) is 1.65. The van der Waals surface area contributed by atoms with Gasteiger partial charge in [0.1, 0.15) is 0 Å². The third-order valence-corrected chi connectivity index (χ3v) is 6.70. The predicted molar refractivity (Wildman–Crippen MR) is 119 cm³/mol. The van der Waals surface area contributed by atoms with Crippen LogP contribution in [0.25, 0.3) is 16.9 Å². The molecule has 1 aliphatic heterocycles. The van der Waals surface area contributed by atoms with Gasteiger partial charge < -0.3 is 9.30 Å². The van der Waals surface area contributed by atoms with Crippen LogP contribution in [0.3, 0.4) is 0 Å². The largest absolute Gasteiger partial charge is 0.376 e. The summed E-state index contributed by atoms with van der Waals surface area (Å²) in [5, 5.41) is 0.518. The molecule has 0 spiro atoms. The van der Waals surface area contributed by atoms with Crippen LogP contribution in [0.1, 0.15) is 29.8 Å². The van der Waals surface area contributed by atoms with E-state index in [-0.39, 0.29) is 18.2 Å². The van der Waals surface area contributed by atoms with Crippen LogP contribution in [0, 0.1) is 13.8 Å². The zero-order chi connectivity index (χ0) is 21.9. The molecular formula is C22H24ClN5O3. The first-order valence-corrected chi connectivity index (χ1v) is 10.8. The molecule has 0 aliphatic carbocycles. The zero-order valence-corrected chi connectivity index (χ0v) is 18.5. The number of imidazole rings is 2. The van der Waals surface area contributed by atoms with Crippen LogP contribution in [0.5, 0.6) is 0 Å². The molecule has 8 nitrogen and oxygen atoms in total. The lowest BCUT2D eigenvalue weighted by Crippen LogP contribution is -2.39. The molecular weight excluding hydrogens is 418 g/mol. The zero-order valence-electron chi connectivity index (χ0n) is 17.8. The summed E-state index contributed by atoms with van der Waals surface area (Å²) in [6.07, 6.45) is 2.19. The smallest absolute Gasteiger partial charge is 0.332 e. The molecule has 162 valence electrons. The monoisotopic (exact) mass is 441 g/mol. The van der Waals surface area contributed by atoms with E-state index in [4.69, 9.17) is 21.3 Å². The number of benzene rings is 1. The second-order valence-electron chi connectivity index (χ2n) is 8.16. The van der Waals surface area contributed by atoms with Crippen molar-refractivity contribution in [3.05, 3.63) is 67.1 Å². The molecule has 1 aromatic carbocycles. The summed E-state index contributed by atoms with van der Waals surface area (Å²) >= 11 is 6.28. The minimum Gasteiger partial charge on any atom is -0.376 e. The van der Waals surface area contributed by atoms with Crippen LogP contribution < -0.4 is 11.2 Å². The number of rotatable bonds is 4. The number of hydrogen-bond acceptors (Lipinski definition) is 4. The molecule has 0 amide bonds. The van der Waals surface area contributed by atoms with E-state index in [0.29, 0.717) is 34.1 Å². The quantitative estimate of drug-likeness (QED) is 0.488. The summed E-state index contributed by atoms with van der Waals surface area (Å²) in [4.78, 5) is 31.3. The molecule has 5 rings (SSSR count). The van der Waals surface area contributed by atoms with Crippen molar-refractivity contribution in [2.75, 3.05) is 6.61 Å². The molecule has 1 aliphatic rings. The van der Waals surface area contributed by atoms with Crippen LogP contribution in [-0.2, 0) is 24.9 Å². The molecule has 0 unspecified atom stereocenters. The van der Waals surface area contributed by atoms with Crippen molar-refractivity contribution >= 4 is 28.5 Å². The first-order chi connectivity index (χ1) is 14.9. The summed E-state index contributed by atoms with van der Waals surface area (Å²) in [5.41, 5.74) is 2.66. The van der Waals surface area contributed by atoms with Crippen molar-refractivity contribution in [1.82, 2.24) is 23.1 Å². The summed E-state index contributed by atoms with van der Waals surface area (Å²) in [5.74, 6) is 0.656. The van der Waals surface area contributed by atoms with Crippen LogP contribution in [0.2, 0.25) is 5.02 Å². The molecule has 4 heterocycles. The van der Waals surface area contributed by atoms with Crippen molar-refractivity contribution in [2.24, 2.45) is 7.05 Å². The number of ether oxygens (including phenoxy) is 1. The number of hydrogen-bond donors (Lipinski definition) is 0. The average molecular weight is 442 g/mol. The van der Waals surface area contributed by atoms with E-state index in [1.165, 1.54) is 9.13 Å². The number of aryl methyl sites for hydroxylation is 2. The average Bonchev–Trinajstić information content (AvgIpc) is 3.46. The van der Waals surface area contributed by atoms with E-state index in [0.717, 1.165) is 30.8 Å². The fourth-order valence-electron chi connectivity index (χ4n) is 4.46. The van der Waals surface area contributed by atoms with Crippen molar-refractivity contribution in [2.45, 2.75) is 45.9 Å². The molecule has 1 saturated heterocycles. The van der Waals surface area contributed by atoms with Gasteiger partial charge in [-0.1, -0.05) is 29.8 Å². The minimum absolute atomic E-state index is 0.100. The van der Waals surface area contributed by atoms with Crippen LogP contribution >= 0.6 is 11.6 Å². The van der Waals surface area contributed by atoms with Crippen molar-refractivity contribution in [3.63, 3.8) is 0 Å². The highest BCUT2D eigenvalue weighted by atomic mass is 35.5. The fraction of sp³-hybridized carbons (Fsp3) is 0.409. The molecule has 0 bridgehead atoms. The van der Waals surface area contributed by atoms with Gasteiger partial charge in [0.25, 0.3) is 5.56 Å². The Morgan fingerprint density at radius 2 is 1.94 bits per heavy atom. The van der Waals surface area contributed by atoms with Gasteiger partial charge in [0.05, 0.1) is 19.2 Å². The van der Waals surface area contributed by atoms with Gasteiger partial charge in [-0.05, 0) is 38.3 Å². The molecule has 31 heavy (non-hydrogen) atoms. The van der Waals surface area contributed by atoms with E-state index in [1.54, 1.807) is 13.1 Å². The van der Waals surface area contributed by atoms with Gasteiger partial charge in [0.15, 0.2) is 11.2 Å². The molecule has 0 saturated carbocycles. The van der Waals surface area contributed by atoms with Crippen molar-refractivity contribution < 1.29 is 4.74 Å². The third kappa shape index (κ3) is 3.04. The fourth-order valence-corrected chi connectivity index (χ4v) is 4.66. The normalized spacial score (nSPS) is 16.7. The highest BCUT2D eigenvalue weighted by Gasteiger charge is 2.25. The Labute approximate surface area is 183 Å². The van der Waals surface area contributed by atoms with Gasteiger partial charge in [0.2, 0.25) is 5.78 Å². The maximum absolute atomic E-state index is 13.5. The maximum atomic E-state index is 13.5. The molecule has 3 aromatic heterocycles. The predicted octanol–water partition coefficient (Wildman–Crippen LogP) is 2.65. The summed E-state index contributed by atoms with van der Waals surface area (Å²) < 4.78 is 12.4. The first-order valence-electron chi connectivity index (χ1n) is 10.4. The topological polar surface area (TPSA) is 75.5 Å². The highest BCUT2D eigenvalue weighted by molar-refractivity contribution is 6.31. The van der Waals surface area contributed by atoms with E-state index < -0.39 is 5.69 Å². The van der Waals surface area contributed by atoms with Gasteiger partial charge in [-0.25, -0.2) is 4.79 Å². The van der Waals surface area contributed by atoms with Crippen LogP contribution in [-0.4, -0.2) is 35.8 Å². The summed E-state index contributed by atoms with van der Waals surface area (Å²) in [6.45, 7) is 5.54. The molecule has 9 heteroatoms.